The van der Waals surface area contributed by atoms with Crippen LogP contribution in [0, 0.1) is 12.8 Å². The first kappa shape index (κ1) is 15.2. The number of aryl methyl sites for hydroxylation is 2. The fourth-order valence-electron chi connectivity index (χ4n) is 5.11. The van der Waals surface area contributed by atoms with Crippen LogP contribution in [0.3, 0.4) is 0 Å². The number of hydrogen-bond donors (Lipinski definition) is 0. The van der Waals surface area contributed by atoms with Gasteiger partial charge in [-0.15, -0.1) is 0 Å². The Balaban J connectivity index is 1.70. The van der Waals surface area contributed by atoms with Gasteiger partial charge in [0.2, 0.25) is 0 Å². The molecule has 3 aliphatic rings. The summed E-state index contributed by atoms with van der Waals surface area (Å²) in [5.74, 6) is 1.59. The van der Waals surface area contributed by atoms with E-state index in [1.807, 2.05) is 6.92 Å². The topological polar surface area (TPSA) is 39.4 Å². The van der Waals surface area contributed by atoms with Crippen LogP contribution in [0.4, 0.5) is 0 Å². The molecule has 2 aromatic rings. The molecule has 2 aliphatic carbocycles. The van der Waals surface area contributed by atoms with Gasteiger partial charge in [0.05, 0.1) is 0 Å². The maximum Gasteiger partial charge on any atom is 0.339 e. The number of rotatable bonds is 0. The minimum Gasteiger partial charge on any atom is -0.482 e. The molecule has 25 heavy (non-hydrogen) atoms. The van der Waals surface area contributed by atoms with Crippen LogP contribution in [-0.2, 0) is 12.8 Å². The van der Waals surface area contributed by atoms with Gasteiger partial charge in [0.25, 0.3) is 0 Å². The normalized spacial score (nSPS) is 27.4. The van der Waals surface area contributed by atoms with Crippen molar-refractivity contribution in [2.45, 2.75) is 64.4 Å². The molecule has 0 amide bonds. The second-order valence-corrected chi connectivity index (χ2v) is 8.20. The van der Waals surface area contributed by atoms with Crippen LogP contribution >= 0.6 is 0 Å². The Kier molecular flexibility index (Phi) is 3.19. The number of ether oxygens (including phenoxy) is 1. The molecule has 1 aromatic carbocycles. The SMILES string of the molecule is Cc1c2c(cc3c4c(c(=O)oc13)CCC4)C=C[C@]1(CCC[C@@H](C)C1)O2. The van der Waals surface area contributed by atoms with Crippen molar-refractivity contribution in [1.82, 2.24) is 0 Å². The summed E-state index contributed by atoms with van der Waals surface area (Å²) < 4.78 is 12.3. The van der Waals surface area contributed by atoms with Crippen molar-refractivity contribution in [3.63, 3.8) is 0 Å². The van der Waals surface area contributed by atoms with E-state index in [1.165, 1.54) is 18.4 Å². The Bertz CT molecular complexity index is 966. The van der Waals surface area contributed by atoms with Crippen molar-refractivity contribution in [3.05, 3.63) is 44.8 Å². The number of hydrogen-bond acceptors (Lipinski definition) is 3. The zero-order chi connectivity index (χ0) is 17.2. The molecule has 2 atom stereocenters. The van der Waals surface area contributed by atoms with Gasteiger partial charge in [-0.25, -0.2) is 4.79 Å². The van der Waals surface area contributed by atoms with Crippen molar-refractivity contribution in [1.29, 1.82) is 0 Å². The van der Waals surface area contributed by atoms with Crippen molar-refractivity contribution < 1.29 is 9.15 Å². The summed E-state index contributed by atoms with van der Waals surface area (Å²) in [5.41, 5.74) is 4.55. The van der Waals surface area contributed by atoms with Gasteiger partial charge in [0, 0.05) is 22.1 Å². The summed E-state index contributed by atoms with van der Waals surface area (Å²) in [7, 11) is 0. The molecule has 1 saturated carbocycles. The molecule has 0 N–H and O–H groups in total. The van der Waals surface area contributed by atoms with Crippen molar-refractivity contribution in [3.8, 4) is 5.75 Å². The third-order valence-corrected chi connectivity index (χ3v) is 6.33. The molecule has 5 rings (SSSR count). The van der Waals surface area contributed by atoms with Gasteiger partial charge in [-0.2, -0.15) is 0 Å². The molecule has 2 heterocycles. The molecule has 0 unspecified atom stereocenters. The first-order valence-corrected chi connectivity index (χ1v) is 9.57. The Labute approximate surface area is 147 Å². The fraction of sp³-hybridized carbons (Fsp3) is 0.500. The van der Waals surface area contributed by atoms with Gasteiger partial charge in [0.15, 0.2) is 0 Å². The molecule has 0 saturated heterocycles. The van der Waals surface area contributed by atoms with E-state index in [9.17, 15) is 4.79 Å². The van der Waals surface area contributed by atoms with E-state index in [-0.39, 0.29) is 11.2 Å². The highest BCUT2D eigenvalue weighted by atomic mass is 16.5. The zero-order valence-electron chi connectivity index (χ0n) is 15.0. The lowest BCUT2D eigenvalue weighted by Crippen LogP contribution is -2.40. The van der Waals surface area contributed by atoms with Gasteiger partial charge < -0.3 is 9.15 Å². The van der Waals surface area contributed by atoms with Gasteiger partial charge in [-0.3, -0.25) is 0 Å². The summed E-state index contributed by atoms with van der Waals surface area (Å²) in [6.45, 7) is 4.34. The minimum atomic E-state index is -0.180. The van der Waals surface area contributed by atoms with Crippen LogP contribution < -0.4 is 10.4 Å². The average molecular weight is 336 g/mol. The van der Waals surface area contributed by atoms with Gasteiger partial charge in [0.1, 0.15) is 16.9 Å². The predicted octanol–water partition coefficient (Wildman–Crippen LogP) is 4.94. The Morgan fingerprint density at radius 1 is 1.20 bits per heavy atom. The standard InChI is InChI=1S/C22H24O3/c1-13-5-4-9-22(12-13)10-8-15-11-18-16-6-3-7-17(16)21(23)24-20(18)14(2)19(15)25-22/h8,10-11,13H,3-7,9,12H2,1-2H3/t13-,22+/m1/s1. The smallest absolute Gasteiger partial charge is 0.339 e. The molecule has 1 spiro atoms. The molecule has 3 nitrogen and oxygen atoms in total. The Morgan fingerprint density at radius 3 is 2.88 bits per heavy atom. The van der Waals surface area contributed by atoms with Gasteiger partial charge in [-0.1, -0.05) is 19.4 Å². The fourth-order valence-corrected chi connectivity index (χ4v) is 5.11. The highest BCUT2D eigenvalue weighted by Gasteiger charge is 2.38. The van der Waals surface area contributed by atoms with Crippen LogP contribution in [-0.4, -0.2) is 5.60 Å². The van der Waals surface area contributed by atoms with Crippen LogP contribution in [0.5, 0.6) is 5.75 Å². The third kappa shape index (κ3) is 2.21. The van der Waals surface area contributed by atoms with Crippen molar-refractivity contribution >= 4 is 17.0 Å². The van der Waals surface area contributed by atoms with Crippen LogP contribution in [0.2, 0.25) is 0 Å². The van der Waals surface area contributed by atoms with Crippen LogP contribution in [0.15, 0.2) is 21.4 Å². The monoisotopic (exact) mass is 336 g/mol. The highest BCUT2D eigenvalue weighted by molar-refractivity contribution is 5.90. The summed E-state index contributed by atoms with van der Waals surface area (Å²) in [6.07, 6.45) is 12.0. The highest BCUT2D eigenvalue weighted by Crippen LogP contribution is 2.45. The van der Waals surface area contributed by atoms with Crippen LogP contribution in [0.1, 0.15) is 61.3 Å². The lowest BCUT2D eigenvalue weighted by atomic mass is 9.77. The van der Waals surface area contributed by atoms with E-state index in [0.29, 0.717) is 5.92 Å². The maximum absolute atomic E-state index is 12.4. The summed E-state index contributed by atoms with van der Waals surface area (Å²) >= 11 is 0. The molecule has 0 radical (unpaired) electrons. The first-order valence-electron chi connectivity index (χ1n) is 9.57. The molecule has 3 heteroatoms. The van der Waals surface area contributed by atoms with Gasteiger partial charge in [-0.05, 0) is 69.1 Å². The molecule has 1 aliphatic heterocycles. The van der Waals surface area contributed by atoms with E-state index in [1.54, 1.807) is 0 Å². The minimum absolute atomic E-state index is 0.157. The van der Waals surface area contributed by atoms with E-state index in [4.69, 9.17) is 9.15 Å². The molecule has 0 bridgehead atoms. The van der Waals surface area contributed by atoms with Crippen molar-refractivity contribution in [2.24, 2.45) is 5.92 Å². The summed E-state index contributed by atoms with van der Waals surface area (Å²) in [5, 5.41) is 1.10. The molecular formula is C22H24O3. The summed E-state index contributed by atoms with van der Waals surface area (Å²) in [4.78, 5) is 12.4. The molecular weight excluding hydrogens is 312 g/mol. The van der Waals surface area contributed by atoms with E-state index >= 15 is 0 Å². The third-order valence-electron chi connectivity index (χ3n) is 6.33. The predicted molar refractivity (Wildman–Crippen MR) is 99.3 cm³/mol. The Hall–Kier alpha value is -2.03. The lowest BCUT2D eigenvalue weighted by Gasteiger charge is -2.41. The van der Waals surface area contributed by atoms with Gasteiger partial charge >= 0.3 is 5.63 Å². The average Bonchev–Trinajstić information content (AvgIpc) is 3.08. The van der Waals surface area contributed by atoms with Crippen molar-refractivity contribution in [2.75, 3.05) is 0 Å². The number of benzene rings is 1. The second-order valence-electron chi connectivity index (χ2n) is 8.20. The first-order chi connectivity index (χ1) is 12.1. The van der Waals surface area contributed by atoms with E-state index in [2.05, 4.69) is 25.1 Å². The molecule has 130 valence electrons. The zero-order valence-corrected chi connectivity index (χ0v) is 15.0. The van der Waals surface area contributed by atoms with Crippen LogP contribution in [0.25, 0.3) is 17.0 Å². The number of fused-ring (bicyclic) bond motifs is 4. The maximum atomic E-state index is 12.4. The Morgan fingerprint density at radius 2 is 2.04 bits per heavy atom. The molecule has 1 fully saturated rings. The van der Waals surface area contributed by atoms with E-state index < -0.39 is 0 Å². The largest absolute Gasteiger partial charge is 0.482 e. The van der Waals surface area contributed by atoms with E-state index in [0.717, 1.165) is 65.5 Å². The quantitative estimate of drug-likeness (QED) is 0.639. The molecule has 1 aromatic heterocycles. The second kappa shape index (κ2) is 5.23. The lowest BCUT2D eigenvalue weighted by molar-refractivity contribution is 0.0538. The summed E-state index contributed by atoms with van der Waals surface area (Å²) in [6, 6.07) is 2.17.